The third-order valence-electron chi connectivity index (χ3n) is 3.43. The summed E-state index contributed by atoms with van der Waals surface area (Å²) in [4.78, 5) is 11.0. The molecule has 2 aromatic rings. The Balaban J connectivity index is 2.21. The van der Waals surface area contributed by atoms with Crippen LogP contribution in [-0.2, 0) is 19.0 Å². The highest BCUT2D eigenvalue weighted by atomic mass is 35.5. The van der Waals surface area contributed by atoms with Gasteiger partial charge in [0.1, 0.15) is 0 Å². The molecular weight excluding hydrogens is 343 g/mol. The number of nitriles is 1. The van der Waals surface area contributed by atoms with Crippen LogP contribution >= 0.6 is 11.6 Å². The molecule has 0 fully saturated rings. The summed E-state index contributed by atoms with van der Waals surface area (Å²) in [6, 6.07) is 9.24. The zero-order chi connectivity index (χ0) is 17.9. The lowest BCUT2D eigenvalue weighted by Gasteiger charge is -2.10. The number of rotatable bonds is 4. The molecular formula is C17H11ClF3NO2. The minimum Gasteiger partial charge on any atom is -0.478 e. The lowest BCUT2D eigenvalue weighted by Crippen LogP contribution is -2.05. The zero-order valence-electron chi connectivity index (χ0n) is 12.2. The van der Waals surface area contributed by atoms with Crippen LogP contribution in [0, 0.1) is 11.3 Å². The number of alkyl halides is 3. The molecule has 0 aliphatic rings. The van der Waals surface area contributed by atoms with Gasteiger partial charge < -0.3 is 5.11 Å². The van der Waals surface area contributed by atoms with Crippen LogP contribution in [0.2, 0.25) is 5.02 Å². The molecule has 2 rings (SSSR count). The van der Waals surface area contributed by atoms with E-state index in [0.29, 0.717) is 24.0 Å². The topological polar surface area (TPSA) is 61.1 Å². The number of halogens is 4. The molecule has 1 N–H and O–H groups in total. The van der Waals surface area contributed by atoms with Crippen molar-refractivity contribution in [2.75, 3.05) is 0 Å². The molecule has 0 aromatic heterocycles. The monoisotopic (exact) mass is 353 g/mol. The van der Waals surface area contributed by atoms with Crippen LogP contribution in [0.3, 0.4) is 0 Å². The van der Waals surface area contributed by atoms with Crippen molar-refractivity contribution in [3.05, 3.63) is 69.2 Å². The summed E-state index contributed by atoms with van der Waals surface area (Å²) in [5, 5.41) is 18.0. The Hall–Kier alpha value is -2.52. The highest BCUT2D eigenvalue weighted by Crippen LogP contribution is 2.32. The molecule has 124 valence electrons. The van der Waals surface area contributed by atoms with Gasteiger partial charge in [0.05, 0.1) is 22.8 Å². The molecule has 2 aromatic carbocycles. The maximum atomic E-state index is 12.6. The van der Waals surface area contributed by atoms with Gasteiger partial charge >= 0.3 is 12.1 Å². The molecule has 0 radical (unpaired) electrons. The van der Waals surface area contributed by atoms with E-state index < -0.39 is 17.7 Å². The number of carboxylic acids is 1. The van der Waals surface area contributed by atoms with E-state index in [1.54, 1.807) is 6.07 Å². The Kier molecular flexibility index (Phi) is 5.15. The molecule has 3 nitrogen and oxygen atoms in total. The molecule has 0 saturated carbocycles. The van der Waals surface area contributed by atoms with Gasteiger partial charge in [-0.1, -0.05) is 17.7 Å². The summed E-state index contributed by atoms with van der Waals surface area (Å²) < 4.78 is 37.8. The van der Waals surface area contributed by atoms with Crippen molar-refractivity contribution >= 4 is 17.6 Å². The lowest BCUT2D eigenvalue weighted by atomic mass is 9.99. The van der Waals surface area contributed by atoms with Gasteiger partial charge in [0.25, 0.3) is 0 Å². The van der Waals surface area contributed by atoms with Crippen molar-refractivity contribution < 1.29 is 23.1 Å². The molecule has 7 heteroatoms. The van der Waals surface area contributed by atoms with E-state index in [1.165, 1.54) is 18.2 Å². The Morgan fingerprint density at radius 2 is 1.88 bits per heavy atom. The van der Waals surface area contributed by atoms with E-state index in [2.05, 4.69) is 0 Å². The van der Waals surface area contributed by atoms with Crippen LogP contribution in [-0.4, -0.2) is 11.1 Å². The van der Waals surface area contributed by atoms with Crippen molar-refractivity contribution in [2.24, 2.45) is 0 Å². The first-order valence-corrected chi connectivity index (χ1v) is 7.21. The van der Waals surface area contributed by atoms with Gasteiger partial charge in [-0.05, 0) is 54.3 Å². The summed E-state index contributed by atoms with van der Waals surface area (Å²) >= 11 is 5.90. The van der Waals surface area contributed by atoms with E-state index in [0.717, 1.165) is 12.1 Å². The fourth-order valence-corrected chi connectivity index (χ4v) is 2.50. The van der Waals surface area contributed by atoms with Gasteiger partial charge in [-0.2, -0.15) is 18.4 Å². The number of nitrogens with zero attached hydrogens (tertiary/aromatic N) is 1. The van der Waals surface area contributed by atoms with E-state index in [1.807, 2.05) is 6.07 Å². The molecule has 0 atom stereocenters. The predicted octanol–water partition coefficient (Wildman–Crippen LogP) is 4.71. The Morgan fingerprint density at radius 1 is 1.17 bits per heavy atom. The second-order valence-corrected chi connectivity index (χ2v) is 5.55. The smallest absolute Gasteiger partial charge is 0.416 e. The van der Waals surface area contributed by atoms with Crippen LogP contribution in [0.5, 0.6) is 0 Å². The van der Waals surface area contributed by atoms with Crippen molar-refractivity contribution in [3.63, 3.8) is 0 Å². The number of carboxylic acid groups (broad SMARTS) is 1. The van der Waals surface area contributed by atoms with Crippen LogP contribution < -0.4 is 0 Å². The second kappa shape index (κ2) is 6.93. The van der Waals surface area contributed by atoms with Gasteiger partial charge in [0.2, 0.25) is 0 Å². The van der Waals surface area contributed by atoms with E-state index in [4.69, 9.17) is 22.0 Å². The quantitative estimate of drug-likeness (QED) is 0.865. The van der Waals surface area contributed by atoms with Crippen molar-refractivity contribution in [1.29, 1.82) is 5.26 Å². The minimum absolute atomic E-state index is 0.000258. The van der Waals surface area contributed by atoms with Gasteiger partial charge in [0, 0.05) is 5.02 Å². The number of carbonyl (C=O) groups is 1. The number of aromatic carboxylic acids is 1. The van der Waals surface area contributed by atoms with Crippen molar-refractivity contribution in [1.82, 2.24) is 0 Å². The SMILES string of the molecule is N#Cc1cc(CCc2ccc(C(F)(F)F)cc2Cl)cc(C(=O)O)c1. The molecule has 0 saturated heterocycles. The molecule has 0 amide bonds. The largest absolute Gasteiger partial charge is 0.478 e. The molecule has 0 bridgehead atoms. The van der Waals surface area contributed by atoms with E-state index >= 15 is 0 Å². The standard InChI is InChI=1S/C17H11ClF3NO2/c18-15-8-14(17(19,20)21)4-3-12(15)2-1-10-5-11(9-22)7-13(6-10)16(23)24/h3-8H,1-2H2,(H,23,24). The molecule has 0 aliphatic heterocycles. The van der Waals surface area contributed by atoms with Gasteiger partial charge in [-0.3, -0.25) is 0 Å². The second-order valence-electron chi connectivity index (χ2n) is 5.14. The normalized spacial score (nSPS) is 11.1. The predicted molar refractivity (Wildman–Crippen MR) is 82.0 cm³/mol. The molecule has 24 heavy (non-hydrogen) atoms. The number of aryl methyl sites for hydroxylation is 2. The Morgan fingerprint density at radius 3 is 2.42 bits per heavy atom. The average molecular weight is 354 g/mol. The Labute approximate surface area is 140 Å². The minimum atomic E-state index is -4.46. The number of benzene rings is 2. The third kappa shape index (κ3) is 4.27. The summed E-state index contributed by atoms with van der Waals surface area (Å²) in [7, 11) is 0. The summed E-state index contributed by atoms with van der Waals surface area (Å²) in [6.45, 7) is 0. The first kappa shape index (κ1) is 17.8. The van der Waals surface area contributed by atoms with Crippen molar-refractivity contribution in [2.45, 2.75) is 19.0 Å². The molecule has 0 heterocycles. The number of hydrogen-bond acceptors (Lipinski definition) is 2. The maximum absolute atomic E-state index is 12.6. The van der Waals surface area contributed by atoms with Crippen LogP contribution in [0.15, 0.2) is 36.4 Å². The average Bonchev–Trinajstić information content (AvgIpc) is 2.52. The highest BCUT2D eigenvalue weighted by molar-refractivity contribution is 6.31. The van der Waals surface area contributed by atoms with Gasteiger partial charge in [0.15, 0.2) is 0 Å². The maximum Gasteiger partial charge on any atom is 0.416 e. The third-order valence-corrected chi connectivity index (χ3v) is 3.78. The van der Waals surface area contributed by atoms with Gasteiger partial charge in [-0.25, -0.2) is 4.79 Å². The Bertz CT molecular complexity index is 826. The summed E-state index contributed by atoms with van der Waals surface area (Å²) in [6.07, 6.45) is -3.79. The zero-order valence-corrected chi connectivity index (χ0v) is 12.9. The van der Waals surface area contributed by atoms with Crippen LogP contribution in [0.4, 0.5) is 13.2 Å². The molecule has 0 spiro atoms. The van der Waals surface area contributed by atoms with Gasteiger partial charge in [-0.15, -0.1) is 0 Å². The summed E-state index contributed by atoms with van der Waals surface area (Å²) in [5.74, 6) is -1.15. The number of hydrogen-bond donors (Lipinski definition) is 1. The van der Waals surface area contributed by atoms with Crippen molar-refractivity contribution in [3.8, 4) is 6.07 Å². The van der Waals surface area contributed by atoms with Crippen LogP contribution in [0.25, 0.3) is 0 Å². The fraction of sp³-hybridized carbons (Fsp3) is 0.176. The summed E-state index contributed by atoms with van der Waals surface area (Å²) in [5.41, 5.74) is 0.494. The van der Waals surface area contributed by atoms with E-state index in [9.17, 15) is 18.0 Å². The lowest BCUT2D eigenvalue weighted by molar-refractivity contribution is -0.137. The van der Waals surface area contributed by atoms with E-state index in [-0.39, 0.29) is 16.1 Å². The molecule has 0 aliphatic carbocycles. The highest BCUT2D eigenvalue weighted by Gasteiger charge is 2.30. The first-order valence-electron chi connectivity index (χ1n) is 6.83. The van der Waals surface area contributed by atoms with Crippen LogP contribution in [0.1, 0.15) is 32.6 Å². The fourth-order valence-electron chi connectivity index (χ4n) is 2.23. The first-order chi connectivity index (χ1) is 11.2. The molecule has 0 unspecified atom stereocenters.